The molecule has 3 N–H and O–H groups in total. The summed E-state index contributed by atoms with van der Waals surface area (Å²) < 4.78 is 34.7. The van der Waals surface area contributed by atoms with Crippen molar-refractivity contribution in [2.75, 3.05) is 5.43 Å². The van der Waals surface area contributed by atoms with Gasteiger partial charge in [-0.3, -0.25) is 10.4 Å². The fraction of sp³-hybridized carbons (Fsp3) is 0.261. The summed E-state index contributed by atoms with van der Waals surface area (Å²) in [4.78, 5) is 4.55. The molecule has 0 spiro atoms. The van der Waals surface area contributed by atoms with Crippen molar-refractivity contribution in [3.63, 3.8) is 0 Å². The van der Waals surface area contributed by atoms with Crippen LogP contribution < -0.4 is 5.43 Å². The number of anilines is 1. The fourth-order valence-corrected chi connectivity index (χ4v) is 4.11. The van der Waals surface area contributed by atoms with Gasteiger partial charge >= 0.3 is 0 Å². The molecule has 0 bridgehead atoms. The molecule has 3 heterocycles. The predicted octanol–water partition coefficient (Wildman–Crippen LogP) is 3.57. The monoisotopic (exact) mass is 440 g/mol. The van der Waals surface area contributed by atoms with Crippen LogP contribution in [0.3, 0.4) is 0 Å². The molecule has 2 aromatic carbocycles. The van der Waals surface area contributed by atoms with Gasteiger partial charge in [-0.25, -0.2) is 13.8 Å². The Morgan fingerprint density at radius 3 is 2.53 bits per heavy atom. The molecule has 32 heavy (non-hydrogen) atoms. The highest BCUT2D eigenvalue weighted by Crippen LogP contribution is 2.41. The number of nitrogens with zero attached hydrogens (tertiary/aromatic N) is 3. The highest BCUT2D eigenvalue weighted by atomic mass is 19.1. The zero-order valence-electron chi connectivity index (χ0n) is 17.2. The van der Waals surface area contributed by atoms with E-state index >= 15 is 0 Å². The molecular formula is C23H22F2N4O3. The lowest BCUT2D eigenvalue weighted by Crippen LogP contribution is -2.31. The first-order valence-electron chi connectivity index (χ1n) is 10.2. The summed E-state index contributed by atoms with van der Waals surface area (Å²) in [7, 11) is 0. The average Bonchev–Trinajstić information content (AvgIpc) is 3.27. The topological polar surface area (TPSA) is 82.2 Å². The van der Waals surface area contributed by atoms with Crippen molar-refractivity contribution in [2.24, 2.45) is 4.99 Å². The molecule has 3 aromatic rings. The number of halogens is 2. The summed E-state index contributed by atoms with van der Waals surface area (Å²) in [6, 6.07) is 12.2. The first kappa shape index (κ1) is 20.6. The summed E-state index contributed by atoms with van der Waals surface area (Å²) in [5, 5.41) is 22.4. The van der Waals surface area contributed by atoms with Gasteiger partial charge in [-0.05, 0) is 48.9 Å². The van der Waals surface area contributed by atoms with E-state index < -0.39 is 24.5 Å². The Labute approximate surface area is 183 Å². The van der Waals surface area contributed by atoms with E-state index in [0.717, 1.165) is 11.1 Å². The van der Waals surface area contributed by atoms with E-state index in [9.17, 15) is 19.0 Å². The van der Waals surface area contributed by atoms with Crippen LogP contribution >= 0.6 is 0 Å². The highest BCUT2D eigenvalue weighted by Gasteiger charge is 2.42. The van der Waals surface area contributed by atoms with Crippen molar-refractivity contribution in [2.45, 2.75) is 38.0 Å². The van der Waals surface area contributed by atoms with E-state index in [2.05, 4.69) is 10.4 Å². The van der Waals surface area contributed by atoms with Crippen LogP contribution in [-0.4, -0.2) is 44.4 Å². The van der Waals surface area contributed by atoms with Gasteiger partial charge in [0.15, 0.2) is 6.23 Å². The Hall–Kier alpha value is -3.27. The number of hydrogen-bond acceptors (Lipinski definition) is 6. The van der Waals surface area contributed by atoms with Crippen LogP contribution in [0.5, 0.6) is 0 Å². The largest absolute Gasteiger partial charge is 0.388 e. The predicted molar refractivity (Wildman–Crippen MR) is 115 cm³/mol. The molecule has 5 rings (SSSR count). The maximum atomic E-state index is 14.0. The lowest BCUT2D eigenvalue weighted by atomic mass is 10.0. The molecule has 166 valence electrons. The minimum absolute atomic E-state index is 0.331. The molecule has 1 fully saturated rings. The second-order valence-corrected chi connectivity index (χ2v) is 7.97. The first-order chi connectivity index (χ1) is 15.4. The summed E-state index contributed by atoms with van der Waals surface area (Å²) in [6.07, 6.45) is -0.192. The number of rotatable bonds is 4. The molecule has 0 unspecified atom stereocenters. The molecule has 0 saturated carbocycles. The Balaban J connectivity index is 1.53. The smallest absolute Gasteiger partial charge is 0.164 e. The van der Waals surface area contributed by atoms with Crippen molar-refractivity contribution < 1.29 is 23.7 Å². The number of hydrogen-bond donors (Lipinski definition) is 3. The molecule has 4 atom stereocenters. The third-order valence-corrected chi connectivity index (χ3v) is 5.76. The number of aliphatic hydroxyl groups excluding tert-OH is 2. The summed E-state index contributed by atoms with van der Waals surface area (Å²) in [5.74, 6) is -0.153. The maximum absolute atomic E-state index is 14.0. The first-order valence-corrected chi connectivity index (χ1v) is 10.2. The Morgan fingerprint density at radius 2 is 1.84 bits per heavy atom. The second kappa shape index (κ2) is 8.01. The third kappa shape index (κ3) is 3.64. The lowest BCUT2D eigenvalue weighted by Gasteiger charge is -2.26. The molecular weight excluding hydrogens is 418 g/mol. The number of aromatic nitrogens is 1. The minimum atomic E-state index is -1.13. The van der Waals surface area contributed by atoms with Crippen molar-refractivity contribution >= 4 is 17.8 Å². The van der Waals surface area contributed by atoms with Gasteiger partial charge in [0, 0.05) is 17.3 Å². The molecule has 2 aliphatic rings. The van der Waals surface area contributed by atoms with Crippen LogP contribution in [0, 0.1) is 11.6 Å². The molecule has 0 radical (unpaired) electrons. The normalized spacial score (nSPS) is 24.6. The van der Waals surface area contributed by atoms with Crippen molar-refractivity contribution in [1.29, 1.82) is 0 Å². The van der Waals surface area contributed by atoms with Crippen LogP contribution in [0.2, 0.25) is 0 Å². The van der Waals surface area contributed by atoms with E-state index in [1.165, 1.54) is 24.3 Å². The molecule has 0 aliphatic carbocycles. The Kier molecular flexibility index (Phi) is 5.16. The van der Waals surface area contributed by atoms with Gasteiger partial charge in [0.05, 0.1) is 18.3 Å². The number of aliphatic hydroxyl groups is 2. The van der Waals surface area contributed by atoms with Crippen LogP contribution in [0.4, 0.5) is 20.3 Å². The van der Waals surface area contributed by atoms with E-state index in [0.29, 0.717) is 23.6 Å². The van der Waals surface area contributed by atoms with Crippen molar-refractivity contribution in [1.82, 2.24) is 9.58 Å². The quantitative estimate of drug-likeness (QED) is 0.578. The minimum Gasteiger partial charge on any atom is -0.388 e. The number of hydrazine groups is 1. The second-order valence-electron chi connectivity index (χ2n) is 7.97. The number of nitrogens with one attached hydrogen (secondary N) is 1. The number of aliphatic imine (C=N–C) groups is 1. The molecule has 1 saturated heterocycles. The van der Waals surface area contributed by atoms with E-state index in [1.807, 2.05) is 0 Å². The van der Waals surface area contributed by atoms with Gasteiger partial charge in [0.2, 0.25) is 0 Å². The van der Waals surface area contributed by atoms with Crippen LogP contribution in [0.1, 0.15) is 18.7 Å². The van der Waals surface area contributed by atoms with Gasteiger partial charge in [-0.15, -0.1) is 0 Å². The standard InChI is InChI=1S/C23H22F2N4O3/c1-13-20(30)21(31)23(32-13)29-11-18(14-3-2-4-16(25)9-14)19-10-28(12-26-22(19)29)27-17-7-5-15(24)6-8-17/h2-9,11-13,20-21,23,27,30-31H,10H2,1H3/t13-,20-,21-,23-/m1/s1. The third-order valence-electron chi connectivity index (χ3n) is 5.76. The average molecular weight is 440 g/mol. The molecule has 1 aromatic heterocycles. The summed E-state index contributed by atoms with van der Waals surface area (Å²) in [6.45, 7) is 2.06. The van der Waals surface area contributed by atoms with Crippen LogP contribution in [0.15, 0.2) is 59.7 Å². The number of ether oxygens (including phenoxy) is 1. The summed E-state index contributed by atoms with van der Waals surface area (Å²) in [5.41, 5.74) is 6.01. The molecule has 7 nitrogen and oxygen atoms in total. The Bertz CT molecular complexity index is 1160. The van der Waals surface area contributed by atoms with Gasteiger partial charge in [0.1, 0.15) is 36.0 Å². The van der Waals surface area contributed by atoms with Crippen LogP contribution in [-0.2, 0) is 11.3 Å². The van der Waals surface area contributed by atoms with E-state index in [4.69, 9.17) is 4.74 Å². The van der Waals surface area contributed by atoms with E-state index in [1.54, 1.807) is 53.3 Å². The number of benzene rings is 2. The van der Waals surface area contributed by atoms with Crippen LogP contribution in [0.25, 0.3) is 11.1 Å². The molecule has 0 amide bonds. The molecule has 2 aliphatic heterocycles. The zero-order valence-corrected chi connectivity index (χ0v) is 17.2. The Morgan fingerprint density at radius 1 is 1.06 bits per heavy atom. The van der Waals surface area contributed by atoms with Gasteiger partial charge < -0.3 is 19.5 Å². The van der Waals surface area contributed by atoms with Crippen molar-refractivity contribution in [3.05, 3.63) is 71.9 Å². The van der Waals surface area contributed by atoms with E-state index in [-0.39, 0.29) is 11.6 Å². The lowest BCUT2D eigenvalue weighted by molar-refractivity contribution is -0.0308. The summed E-state index contributed by atoms with van der Waals surface area (Å²) >= 11 is 0. The SMILES string of the molecule is C[C@H]1O[C@@H](n2cc(-c3cccc(F)c3)c3c2N=CN(Nc2ccc(F)cc2)C3)[C@H](O)[C@@H]1O. The zero-order chi connectivity index (χ0) is 22.4. The van der Waals surface area contributed by atoms with Gasteiger partial charge in [-0.1, -0.05) is 12.1 Å². The number of fused-ring (bicyclic) bond motifs is 1. The van der Waals surface area contributed by atoms with Crippen molar-refractivity contribution in [3.8, 4) is 11.1 Å². The van der Waals surface area contributed by atoms with Gasteiger partial charge in [-0.2, -0.15) is 0 Å². The maximum Gasteiger partial charge on any atom is 0.164 e. The van der Waals surface area contributed by atoms with Gasteiger partial charge in [0.25, 0.3) is 0 Å². The molecule has 9 heteroatoms. The fourth-order valence-electron chi connectivity index (χ4n) is 4.11. The highest BCUT2D eigenvalue weighted by molar-refractivity contribution is 5.77.